The summed E-state index contributed by atoms with van der Waals surface area (Å²) in [4.78, 5) is 12.6. The number of hydrogen-bond donors (Lipinski definition) is 0. The van der Waals surface area contributed by atoms with E-state index in [1.807, 2.05) is 50.3 Å². The zero-order chi connectivity index (χ0) is 24.9. The van der Waals surface area contributed by atoms with E-state index in [0.29, 0.717) is 5.75 Å². The molecule has 0 amide bonds. The number of aryl methyl sites for hydroxylation is 2. The van der Waals surface area contributed by atoms with Crippen molar-refractivity contribution in [2.75, 3.05) is 0 Å². The maximum Gasteiger partial charge on any atom is 0.316 e. The Labute approximate surface area is 215 Å². The largest absolute Gasteiger partial charge is 0.426 e. The number of para-hydroxylation sites is 1. The van der Waals surface area contributed by atoms with E-state index in [1.54, 1.807) is 0 Å². The third-order valence-electron chi connectivity index (χ3n) is 6.88. The highest BCUT2D eigenvalue weighted by atomic mass is 32.1. The molecule has 0 aliphatic rings. The van der Waals surface area contributed by atoms with Gasteiger partial charge in [-0.1, -0.05) is 72.8 Å². The van der Waals surface area contributed by atoms with Gasteiger partial charge in [-0.2, -0.15) is 0 Å². The van der Waals surface area contributed by atoms with E-state index in [1.165, 1.54) is 47.3 Å². The summed E-state index contributed by atoms with van der Waals surface area (Å²) in [7, 11) is 0. The van der Waals surface area contributed by atoms with Crippen LogP contribution in [-0.4, -0.2) is 5.97 Å². The predicted molar refractivity (Wildman–Crippen MR) is 153 cm³/mol. The molecule has 2 nitrogen and oxygen atoms in total. The van der Waals surface area contributed by atoms with Gasteiger partial charge in [-0.15, -0.1) is 11.3 Å². The molecule has 0 aliphatic carbocycles. The Kier molecular flexibility index (Phi) is 5.54. The van der Waals surface area contributed by atoms with E-state index in [4.69, 9.17) is 4.74 Å². The molecule has 36 heavy (non-hydrogen) atoms. The van der Waals surface area contributed by atoms with E-state index in [0.717, 1.165) is 18.4 Å². The van der Waals surface area contributed by atoms with Crippen molar-refractivity contribution in [1.29, 1.82) is 0 Å². The maximum atomic E-state index is 12.6. The highest BCUT2D eigenvalue weighted by molar-refractivity contribution is 7.26. The van der Waals surface area contributed by atoms with Gasteiger partial charge < -0.3 is 4.74 Å². The zero-order valence-corrected chi connectivity index (χ0v) is 21.6. The Morgan fingerprint density at radius 3 is 2.14 bits per heavy atom. The van der Waals surface area contributed by atoms with Crippen LogP contribution < -0.4 is 4.74 Å². The third-order valence-corrected chi connectivity index (χ3v) is 8.11. The zero-order valence-electron chi connectivity index (χ0n) is 20.8. The molecule has 0 atom stereocenters. The topological polar surface area (TPSA) is 26.3 Å². The van der Waals surface area contributed by atoms with E-state index in [-0.39, 0.29) is 5.97 Å². The second kappa shape index (κ2) is 8.76. The van der Waals surface area contributed by atoms with Crippen LogP contribution >= 0.6 is 11.3 Å². The molecular formula is C33H28O2S. The molecule has 0 unspecified atom stereocenters. The lowest BCUT2D eigenvalue weighted by Gasteiger charge is -2.18. The molecule has 5 aromatic carbocycles. The van der Waals surface area contributed by atoms with Gasteiger partial charge in [-0.05, 0) is 84.5 Å². The average molecular weight is 489 g/mol. The van der Waals surface area contributed by atoms with E-state index in [9.17, 15) is 4.79 Å². The summed E-state index contributed by atoms with van der Waals surface area (Å²) < 4.78 is 8.49. The lowest BCUT2D eigenvalue weighted by atomic mass is 9.95. The smallest absolute Gasteiger partial charge is 0.316 e. The van der Waals surface area contributed by atoms with Crippen LogP contribution in [0.4, 0.5) is 0 Å². The van der Waals surface area contributed by atoms with Crippen LogP contribution in [0.5, 0.6) is 5.75 Å². The van der Waals surface area contributed by atoms with Crippen molar-refractivity contribution in [2.45, 2.75) is 33.6 Å². The van der Waals surface area contributed by atoms with Crippen molar-refractivity contribution in [1.82, 2.24) is 0 Å². The van der Waals surface area contributed by atoms with Crippen molar-refractivity contribution in [2.24, 2.45) is 5.41 Å². The molecule has 0 fully saturated rings. The lowest BCUT2D eigenvalue weighted by Crippen LogP contribution is -2.26. The van der Waals surface area contributed by atoms with Crippen molar-refractivity contribution < 1.29 is 9.53 Å². The third kappa shape index (κ3) is 3.94. The maximum absolute atomic E-state index is 12.6. The molecule has 1 heterocycles. The first kappa shape index (κ1) is 22.8. The van der Waals surface area contributed by atoms with Gasteiger partial charge in [-0.3, -0.25) is 4.79 Å². The van der Waals surface area contributed by atoms with Gasteiger partial charge in [0.25, 0.3) is 0 Å². The average Bonchev–Trinajstić information content (AvgIpc) is 3.28. The van der Waals surface area contributed by atoms with Crippen molar-refractivity contribution in [3.05, 3.63) is 102 Å². The highest BCUT2D eigenvalue weighted by Gasteiger charge is 2.24. The van der Waals surface area contributed by atoms with Crippen molar-refractivity contribution in [3.8, 4) is 5.75 Å². The second-order valence-electron chi connectivity index (χ2n) is 10.5. The summed E-state index contributed by atoms with van der Waals surface area (Å²) in [5, 5.41) is 7.85. The van der Waals surface area contributed by atoms with Gasteiger partial charge in [-0.25, -0.2) is 0 Å². The SMILES string of the molecule is CC(C)(C)C(=O)Oc1ccccc1CCc1cc2ccccc2c2c1sc1ccc3ccccc3c12. The molecule has 3 heteroatoms. The van der Waals surface area contributed by atoms with Crippen LogP contribution in [0, 0.1) is 5.41 Å². The first-order valence-electron chi connectivity index (χ1n) is 12.4. The van der Waals surface area contributed by atoms with Gasteiger partial charge in [0.15, 0.2) is 0 Å². The Hall–Kier alpha value is -3.69. The van der Waals surface area contributed by atoms with Gasteiger partial charge in [0, 0.05) is 20.2 Å². The summed E-state index contributed by atoms with van der Waals surface area (Å²) in [6.45, 7) is 5.65. The van der Waals surface area contributed by atoms with Crippen LogP contribution in [-0.2, 0) is 17.6 Å². The predicted octanol–water partition coefficient (Wildman–Crippen LogP) is 9.10. The van der Waals surface area contributed by atoms with E-state index >= 15 is 0 Å². The van der Waals surface area contributed by atoms with Crippen LogP contribution in [0.15, 0.2) is 91.0 Å². The molecule has 0 saturated heterocycles. The first-order chi connectivity index (χ1) is 17.4. The number of ether oxygens (including phenoxy) is 1. The fourth-order valence-electron chi connectivity index (χ4n) is 4.97. The van der Waals surface area contributed by atoms with Crippen LogP contribution in [0.3, 0.4) is 0 Å². The van der Waals surface area contributed by atoms with Crippen LogP contribution in [0.25, 0.3) is 41.7 Å². The Bertz CT molecular complexity index is 1770. The molecule has 0 N–H and O–H groups in total. The molecule has 0 saturated carbocycles. The minimum absolute atomic E-state index is 0.209. The molecule has 0 aliphatic heterocycles. The summed E-state index contributed by atoms with van der Waals surface area (Å²) in [6.07, 6.45) is 1.67. The fourth-order valence-corrected chi connectivity index (χ4v) is 6.25. The summed E-state index contributed by atoms with van der Waals surface area (Å²) in [5.41, 5.74) is 1.85. The molecule has 1 aromatic heterocycles. The Balaban J connectivity index is 1.48. The number of hydrogen-bond acceptors (Lipinski definition) is 3. The monoisotopic (exact) mass is 488 g/mol. The minimum atomic E-state index is -0.544. The second-order valence-corrected chi connectivity index (χ2v) is 11.5. The number of thiophene rings is 1. The highest BCUT2D eigenvalue weighted by Crippen LogP contribution is 2.44. The molecule has 178 valence electrons. The number of carbonyl (C=O) groups is 1. The molecule has 6 rings (SSSR count). The van der Waals surface area contributed by atoms with E-state index in [2.05, 4.69) is 72.8 Å². The van der Waals surface area contributed by atoms with Crippen LogP contribution in [0.2, 0.25) is 0 Å². The van der Waals surface area contributed by atoms with Gasteiger partial charge in [0.2, 0.25) is 0 Å². The minimum Gasteiger partial charge on any atom is -0.426 e. The standard InChI is InChI=1S/C33H28O2S/c1-33(2,3)32(34)35-27-15-9-6-11-22(27)16-17-24-20-23-12-5-8-14-26(23)30-29-25-13-7-4-10-21(25)18-19-28(29)36-31(24)30/h4-15,18-20H,16-17H2,1-3H3. The summed E-state index contributed by atoms with van der Waals surface area (Å²) in [6, 6.07) is 32.2. The van der Waals surface area contributed by atoms with Crippen LogP contribution in [0.1, 0.15) is 31.9 Å². The summed E-state index contributed by atoms with van der Waals surface area (Å²) >= 11 is 1.89. The van der Waals surface area contributed by atoms with Gasteiger partial charge in [0.1, 0.15) is 5.75 Å². The summed E-state index contributed by atoms with van der Waals surface area (Å²) in [5.74, 6) is 0.455. The number of fused-ring (bicyclic) bond motifs is 7. The molecule has 6 aromatic rings. The van der Waals surface area contributed by atoms with E-state index < -0.39 is 5.41 Å². The van der Waals surface area contributed by atoms with Gasteiger partial charge in [0.05, 0.1) is 5.41 Å². The molecule has 0 radical (unpaired) electrons. The normalized spacial score (nSPS) is 12.1. The fraction of sp³-hybridized carbons (Fsp3) is 0.182. The number of rotatable bonds is 4. The molecular weight excluding hydrogens is 460 g/mol. The molecule has 0 spiro atoms. The molecule has 0 bridgehead atoms. The van der Waals surface area contributed by atoms with Gasteiger partial charge >= 0.3 is 5.97 Å². The van der Waals surface area contributed by atoms with Crippen molar-refractivity contribution >= 4 is 59.0 Å². The Morgan fingerprint density at radius 1 is 0.722 bits per heavy atom. The number of esters is 1. The number of benzene rings is 5. The Morgan fingerprint density at radius 2 is 1.36 bits per heavy atom. The first-order valence-corrected chi connectivity index (χ1v) is 13.3. The number of carbonyl (C=O) groups excluding carboxylic acids is 1. The van der Waals surface area contributed by atoms with Crippen molar-refractivity contribution in [3.63, 3.8) is 0 Å². The quantitative estimate of drug-likeness (QED) is 0.183. The lowest BCUT2D eigenvalue weighted by molar-refractivity contribution is -0.143.